The van der Waals surface area contributed by atoms with Gasteiger partial charge in [0.05, 0.1) is 0 Å². The Bertz CT molecular complexity index is 168. The van der Waals surface area contributed by atoms with Crippen molar-refractivity contribution in [2.45, 2.75) is 27.7 Å². The third-order valence-electron chi connectivity index (χ3n) is 0.824. The van der Waals surface area contributed by atoms with Crippen molar-refractivity contribution >= 4 is 0 Å². The van der Waals surface area contributed by atoms with Crippen LogP contribution in [-0.2, 0) is 17.1 Å². The molecule has 0 fully saturated rings. The molecule has 0 aromatic carbocycles. The predicted octanol–water partition coefficient (Wildman–Crippen LogP) is 0.347. The van der Waals surface area contributed by atoms with E-state index >= 15 is 0 Å². The summed E-state index contributed by atoms with van der Waals surface area (Å²) >= 11 is 0. The molecule has 0 aliphatic rings. The molecule has 0 bridgehead atoms. The summed E-state index contributed by atoms with van der Waals surface area (Å²) in [5.41, 5.74) is 0. The molecule has 0 aromatic rings. The maximum absolute atomic E-state index is 10.0. The minimum absolute atomic E-state index is 0. The van der Waals surface area contributed by atoms with Crippen LogP contribution in [-0.4, -0.2) is 10.2 Å². The number of hydrogen-bond donors (Lipinski definition) is 2. The molecule has 5 heteroatoms. The minimum Gasteiger partial charge on any atom is -0.876 e. The third kappa shape index (κ3) is 31.7. The number of allylic oxidation sites excluding steroid dienone is 2. The molecule has 0 unspecified atom stereocenters. The molecule has 0 aliphatic carbocycles. The molecule has 0 heterocycles. The van der Waals surface area contributed by atoms with E-state index in [0.717, 1.165) is 0 Å². The van der Waals surface area contributed by atoms with Crippen molar-refractivity contribution in [3.63, 3.8) is 0 Å². The van der Waals surface area contributed by atoms with Crippen molar-refractivity contribution in [3.05, 3.63) is 35.9 Å². The summed E-state index contributed by atoms with van der Waals surface area (Å²) in [6.45, 7) is 5.70. The molecule has 88 valence electrons. The normalized spacial score (nSPS) is 12.0. The first-order chi connectivity index (χ1) is 6.25. The Labute approximate surface area is 101 Å². The summed E-state index contributed by atoms with van der Waals surface area (Å²) in [6.07, 6.45) is 2.46. The summed E-state index contributed by atoms with van der Waals surface area (Å²) < 4.78 is 0. The zero-order valence-corrected chi connectivity index (χ0v) is 10.3. The Morgan fingerprint density at radius 3 is 1.00 bits per heavy atom. The molecule has 0 amide bonds. The molecule has 0 aliphatic heterocycles. The van der Waals surface area contributed by atoms with Gasteiger partial charge in [0.15, 0.2) is 0 Å². The van der Waals surface area contributed by atoms with E-state index in [1.54, 1.807) is 0 Å². The van der Waals surface area contributed by atoms with Crippen molar-refractivity contribution in [1.82, 2.24) is 0 Å². The summed E-state index contributed by atoms with van der Waals surface area (Å²) in [5, 5.41) is 36.8. The van der Waals surface area contributed by atoms with Gasteiger partial charge in [0, 0.05) is 0 Å². The Kier molecular flexibility index (Phi) is 15.5. The van der Waals surface area contributed by atoms with Gasteiger partial charge in [-0.25, -0.2) is 0 Å². The van der Waals surface area contributed by atoms with Crippen LogP contribution in [0.25, 0.3) is 0 Å². The Balaban J connectivity index is -0.000000180. The smallest absolute Gasteiger partial charge is 0.876 e. The van der Waals surface area contributed by atoms with E-state index in [-0.39, 0.29) is 40.8 Å². The van der Waals surface area contributed by atoms with E-state index in [0.29, 0.717) is 0 Å². The van der Waals surface area contributed by atoms with E-state index in [2.05, 4.69) is 0 Å². The van der Waals surface area contributed by atoms with Crippen LogP contribution < -0.4 is 10.2 Å². The minimum atomic E-state index is -0.125. The molecule has 0 atom stereocenters. The summed E-state index contributed by atoms with van der Waals surface area (Å²) in [7, 11) is 0. The summed E-state index contributed by atoms with van der Waals surface area (Å²) in [5.74, 6) is -0.250. The zero-order valence-electron chi connectivity index (χ0n) is 9.22. The molecule has 2 N–H and O–H groups in total. The van der Waals surface area contributed by atoms with Crippen LogP contribution in [0.4, 0.5) is 0 Å². The maximum atomic E-state index is 10.0. The first kappa shape index (κ1) is 20.0. The summed E-state index contributed by atoms with van der Waals surface area (Å²) in [6, 6.07) is 0. The van der Waals surface area contributed by atoms with Crippen molar-refractivity contribution in [1.29, 1.82) is 0 Å². The van der Waals surface area contributed by atoms with Crippen molar-refractivity contribution < 1.29 is 37.5 Å². The molecular weight excluding hydrogens is 240 g/mol. The quantitative estimate of drug-likeness (QED) is 0.551. The Morgan fingerprint density at radius 2 is 1.00 bits per heavy atom. The van der Waals surface area contributed by atoms with Crippen LogP contribution in [0.3, 0.4) is 0 Å². The number of rotatable bonds is 2. The second-order valence-corrected chi connectivity index (χ2v) is 2.79. The van der Waals surface area contributed by atoms with Gasteiger partial charge in [-0.05, 0) is 13.8 Å². The monoisotopic (exact) mass is 256 g/mol. The first-order valence-electron chi connectivity index (χ1n) is 4.01. The largest absolute Gasteiger partial charge is 2.00 e. The molecule has 0 saturated carbocycles. The fourth-order valence-electron chi connectivity index (χ4n) is 0.588. The van der Waals surface area contributed by atoms with E-state index in [4.69, 9.17) is 10.2 Å². The molecule has 0 spiro atoms. The summed E-state index contributed by atoms with van der Waals surface area (Å²) in [4.78, 5) is 0. The van der Waals surface area contributed by atoms with Crippen LogP contribution in [0.15, 0.2) is 23.7 Å². The molecular formula is C10H16FeO4. The molecule has 0 saturated heterocycles. The fraction of sp³-hybridized carbons (Fsp3) is 0.400. The van der Waals surface area contributed by atoms with Gasteiger partial charge < -0.3 is 20.4 Å². The van der Waals surface area contributed by atoms with Crippen molar-refractivity contribution in [2.75, 3.05) is 0 Å². The predicted molar refractivity (Wildman–Crippen MR) is 49.2 cm³/mol. The molecule has 0 rings (SSSR count). The van der Waals surface area contributed by atoms with Gasteiger partial charge >= 0.3 is 17.1 Å². The van der Waals surface area contributed by atoms with Crippen molar-refractivity contribution in [3.8, 4) is 0 Å². The van der Waals surface area contributed by atoms with E-state index < -0.39 is 0 Å². The van der Waals surface area contributed by atoms with E-state index in [9.17, 15) is 10.2 Å². The van der Waals surface area contributed by atoms with Gasteiger partial charge in [-0.15, -0.1) is 11.5 Å². The van der Waals surface area contributed by atoms with Crippen LogP contribution in [0, 0.1) is 12.2 Å². The van der Waals surface area contributed by atoms with Crippen LogP contribution in [0.2, 0.25) is 0 Å². The molecule has 15 heavy (non-hydrogen) atoms. The topological polar surface area (TPSA) is 86.6 Å². The van der Waals surface area contributed by atoms with E-state index in [1.807, 2.05) is 0 Å². The number of aliphatic hydroxyl groups is 2. The van der Waals surface area contributed by atoms with Crippen LogP contribution in [0.5, 0.6) is 0 Å². The second-order valence-electron chi connectivity index (χ2n) is 2.79. The maximum Gasteiger partial charge on any atom is 2.00 e. The van der Waals surface area contributed by atoms with E-state index in [1.165, 1.54) is 39.8 Å². The number of hydrogen-bond acceptors (Lipinski definition) is 4. The van der Waals surface area contributed by atoms with Gasteiger partial charge in [0.1, 0.15) is 12.2 Å². The Hall–Kier alpha value is -0.481. The van der Waals surface area contributed by atoms with Gasteiger partial charge in [0.2, 0.25) is 0 Å². The third-order valence-corrected chi connectivity index (χ3v) is 0.824. The number of aliphatic hydroxyl groups excluding tert-OH is 2. The van der Waals surface area contributed by atoms with Crippen LogP contribution in [0.1, 0.15) is 27.7 Å². The SMILES string of the molecule is C[C](O)C=C(C)[O-].C[C](O)C=C(C)[O-].[Fe+2]. The average Bonchev–Trinajstić information content (AvgIpc) is 1.79. The fourth-order valence-corrected chi connectivity index (χ4v) is 0.588. The van der Waals surface area contributed by atoms with Gasteiger partial charge in [0.25, 0.3) is 0 Å². The standard InChI is InChI=1S/2C5H9O2.Fe/c2*1-4(6)3-5(2)7;/h2*3,6-7H,1-2H3;/q;;+2/p-2. The van der Waals surface area contributed by atoms with Crippen LogP contribution >= 0.6 is 0 Å². The molecule has 2 radical (unpaired) electrons. The van der Waals surface area contributed by atoms with Gasteiger partial charge in [-0.3, -0.25) is 0 Å². The molecule has 4 nitrogen and oxygen atoms in total. The average molecular weight is 256 g/mol. The zero-order chi connectivity index (χ0) is 11.7. The second kappa shape index (κ2) is 11.6. The Morgan fingerprint density at radius 1 is 0.800 bits per heavy atom. The van der Waals surface area contributed by atoms with Crippen molar-refractivity contribution in [2.24, 2.45) is 0 Å². The molecule has 0 aromatic heterocycles. The van der Waals surface area contributed by atoms with Gasteiger partial charge in [-0.1, -0.05) is 26.0 Å². The first-order valence-corrected chi connectivity index (χ1v) is 4.01. The van der Waals surface area contributed by atoms with Gasteiger partial charge in [-0.2, -0.15) is 0 Å².